The summed E-state index contributed by atoms with van der Waals surface area (Å²) in [7, 11) is 1.68. The molecule has 0 amide bonds. The van der Waals surface area contributed by atoms with Crippen LogP contribution >= 0.6 is 0 Å². The summed E-state index contributed by atoms with van der Waals surface area (Å²) in [6, 6.07) is 33.2. The Morgan fingerprint density at radius 1 is 0.654 bits per heavy atom. The highest BCUT2D eigenvalue weighted by Gasteiger charge is 2.40. The summed E-state index contributed by atoms with van der Waals surface area (Å²) in [6.45, 7) is 0. The Balaban J connectivity index is 2.15. The standard InChI is InChI=1S/C23H20N2O/c1-26-22-17-18-24-25(22)23(19-11-5-2-6-12-19,20-13-7-3-8-14-20)21-15-9-4-10-16-21/h2-18H,1H3. The highest BCUT2D eigenvalue weighted by atomic mass is 16.5. The number of methoxy groups -OCH3 is 1. The number of benzene rings is 3. The number of rotatable bonds is 5. The molecule has 0 fully saturated rings. The molecule has 0 bridgehead atoms. The second-order valence-electron chi connectivity index (χ2n) is 6.09. The van der Waals surface area contributed by atoms with Crippen LogP contribution in [0.2, 0.25) is 0 Å². The van der Waals surface area contributed by atoms with Crippen molar-refractivity contribution in [2.45, 2.75) is 5.54 Å². The monoisotopic (exact) mass is 340 g/mol. The topological polar surface area (TPSA) is 27.1 Å². The zero-order valence-corrected chi connectivity index (χ0v) is 14.6. The van der Waals surface area contributed by atoms with Crippen molar-refractivity contribution in [2.24, 2.45) is 0 Å². The van der Waals surface area contributed by atoms with Gasteiger partial charge in [-0.25, -0.2) is 4.68 Å². The van der Waals surface area contributed by atoms with Gasteiger partial charge in [0.1, 0.15) is 5.54 Å². The third kappa shape index (κ3) is 2.49. The average Bonchev–Trinajstić information content (AvgIpc) is 3.20. The van der Waals surface area contributed by atoms with Crippen LogP contribution in [0.25, 0.3) is 0 Å². The van der Waals surface area contributed by atoms with Crippen LogP contribution in [-0.4, -0.2) is 16.9 Å². The van der Waals surface area contributed by atoms with Gasteiger partial charge in [0, 0.05) is 6.07 Å². The minimum absolute atomic E-state index is 0.626. The predicted octanol–water partition coefficient (Wildman–Crippen LogP) is 4.73. The number of hydrogen-bond acceptors (Lipinski definition) is 2. The van der Waals surface area contributed by atoms with Gasteiger partial charge in [-0.05, 0) is 16.7 Å². The first-order chi connectivity index (χ1) is 12.9. The minimum atomic E-state index is -0.626. The maximum Gasteiger partial charge on any atom is 0.212 e. The fraction of sp³-hybridized carbons (Fsp3) is 0.0870. The van der Waals surface area contributed by atoms with Crippen LogP contribution in [0.3, 0.4) is 0 Å². The Bertz CT molecular complexity index is 866. The van der Waals surface area contributed by atoms with Crippen LogP contribution in [0, 0.1) is 0 Å². The molecule has 3 aromatic carbocycles. The molecular weight excluding hydrogens is 320 g/mol. The summed E-state index contributed by atoms with van der Waals surface area (Å²) < 4.78 is 7.62. The first-order valence-electron chi connectivity index (χ1n) is 8.62. The Kier molecular flexibility index (Phi) is 4.28. The molecule has 0 radical (unpaired) electrons. The van der Waals surface area contributed by atoms with Gasteiger partial charge in [-0.15, -0.1) is 0 Å². The molecule has 0 aliphatic heterocycles. The Morgan fingerprint density at radius 3 is 1.46 bits per heavy atom. The summed E-state index contributed by atoms with van der Waals surface area (Å²) >= 11 is 0. The Hall–Kier alpha value is -3.33. The summed E-state index contributed by atoms with van der Waals surface area (Å²) in [5.41, 5.74) is 2.75. The highest BCUT2D eigenvalue weighted by Crippen LogP contribution is 2.42. The van der Waals surface area contributed by atoms with Crippen LogP contribution in [0.5, 0.6) is 5.88 Å². The fourth-order valence-corrected chi connectivity index (χ4v) is 3.60. The van der Waals surface area contributed by atoms with E-state index in [4.69, 9.17) is 4.74 Å². The summed E-state index contributed by atoms with van der Waals surface area (Å²) in [5.74, 6) is 0.710. The van der Waals surface area contributed by atoms with Crippen LogP contribution in [-0.2, 0) is 5.54 Å². The largest absolute Gasteiger partial charge is 0.481 e. The van der Waals surface area contributed by atoms with Crippen LogP contribution in [0.15, 0.2) is 103 Å². The molecule has 0 atom stereocenters. The normalized spacial score (nSPS) is 11.3. The molecule has 3 nitrogen and oxygen atoms in total. The molecule has 4 aromatic rings. The molecule has 128 valence electrons. The van der Waals surface area contributed by atoms with Crippen LogP contribution in [0.4, 0.5) is 0 Å². The molecule has 0 aliphatic rings. The van der Waals surface area contributed by atoms with E-state index in [0.29, 0.717) is 5.88 Å². The molecule has 26 heavy (non-hydrogen) atoms. The predicted molar refractivity (Wildman–Crippen MR) is 103 cm³/mol. The Morgan fingerprint density at radius 2 is 1.08 bits per heavy atom. The number of nitrogens with zero attached hydrogens (tertiary/aromatic N) is 2. The van der Waals surface area contributed by atoms with Crippen molar-refractivity contribution in [3.8, 4) is 5.88 Å². The van der Waals surface area contributed by atoms with Gasteiger partial charge in [-0.2, -0.15) is 5.10 Å². The van der Waals surface area contributed by atoms with Gasteiger partial charge in [0.15, 0.2) is 0 Å². The van der Waals surface area contributed by atoms with Crippen molar-refractivity contribution in [2.75, 3.05) is 7.11 Å². The molecular formula is C23H20N2O. The average molecular weight is 340 g/mol. The summed E-state index contributed by atoms with van der Waals surface area (Å²) in [5, 5.41) is 4.68. The second-order valence-corrected chi connectivity index (χ2v) is 6.09. The van der Waals surface area contributed by atoms with E-state index in [1.807, 2.05) is 28.9 Å². The lowest BCUT2D eigenvalue weighted by Gasteiger charge is -2.36. The molecule has 0 N–H and O–H groups in total. The van der Waals surface area contributed by atoms with E-state index in [2.05, 4.69) is 77.9 Å². The minimum Gasteiger partial charge on any atom is -0.481 e. The maximum atomic E-state index is 5.66. The molecule has 0 aliphatic carbocycles. The lowest BCUT2D eigenvalue weighted by Crippen LogP contribution is -2.38. The molecule has 3 heteroatoms. The van der Waals surface area contributed by atoms with E-state index in [9.17, 15) is 0 Å². The van der Waals surface area contributed by atoms with Crippen molar-refractivity contribution < 1.29 is 4.74 Å². The van der Waals surface area contributed by atoms with Crippen LogP contribution in [0.1, 0.15) is 16.7 Å². The van der Waals surface area contributed by atoms with E-state index in [1.54, 1.807) is 13.3 Å². The fourth-order valence-electron chi connectivity index (χ4n) is 3.60. The number of hydrogen-bond donors (Lipinski definition) is 0. The summed E-state index contributed by atoms with van der Waals surface area (Å²) in [6.07, 6.45) is 1.78. The van der Waals surface area contributed by atoms with Gasteiger partial charge in [-0.1, -0.05) is 91.0 Å². The van der Waals surface area contributed by atoms with E-state index < -0.39 is 5.54 Å². The third-order valence-corrected chi connectivity index (χ3v) is 4.71. The van der Waals surface area contributed by atoms with Gasteiger partial charge < -0.3 is 4.74 Å². The van der Waals surface area contributed by atoms with Crippen molar-refractivity contribution in [3.63, 3.8) is 0 Å². The van der Waals surface area contributed by atoms with Crippen molar-refractivity contribution in [1.82, 2.24) is 9.78 Å². The first kappa shape index (κ1) is 16.2. The van der Waals surface area contributed by atoms with Gasteiger partial charge in [-0.3, -0.25) is 0 Å². The quantitative estimate of drug-likeness (QED) is 0.491. The zero-order chi connectivity index (χ0) is 17.8. The smallest absolute Gasteiger partial charge is 0.212 e. The van der Waals surface area contributed by atoms with Crippen molar-refractivity contribution in [1.29, 1.82) is 0 Å². The molecule has 0 spiro atoms. The number of aromatic nitrogens is 2. The SMILES string of the molecule is COc1ccnn1C(c1ccccc1)(c1ccccc1)c1ccccc1. The van der Waals surface area contributed by atoms with Crippen molar-refractivity contribution >= 4 is 0 Å². The van der Waals surface area contributed by atoms with Crippen LogP contribution < -0.4 is 4.74 Å². The molecule has 4 rings (SSSR count). The van der Waals surface area contributed by atoms with Gasteiger partial charge in [0.25, 0.3) is 0 Å². The molecule has 0 unspecified atom stereocenters. The van der Waals surface area contributed by atoms with Gasteiger partial charge >= 0.3 is 0 Å². The van der Waals surface area contributed by atoms with E-state index >= 15 is 0 Å². The first-order valence-corrected chi connectivity index (χ1v) is 8.62. The number of ether oxygens (including phenoxy) is 1. The molecule has 1 aromatic heterocycles. The third-order valence-electron chi connectivity index (χ3n) is 4.71. The second kappa shape index (κ2) is 6.89. The van der Waals surface area contributed by atoms with Crippen molar-refractivity contribution in [3.05, 3.63) is 120 Å². The lowest BCUT2D eigenvalue weighted by molar-refractivity contribution is 0.326. The van der Waals surface area contributed by atoms with Gasteiger partial charge in [0.05, 0.1) is 13.3 Å². The molecule has 0 saturated carbocycles. The van der Waals surface area contributed by atoms with Gasteiger partial charge in [0.2, 0.25) is 5.88 Å². The zero-order valence-electron chi connectivity index (χ0n) is 14.6. The lowest BCUT2D eigenvalue weighted by atomic mass is 9.77. The van der Waals surface area contributed by atoms with E-state index in [0.717, 1.165) is 16.7 Å². The van der Waals surface area contributed by atoms with E-state index in [1.165, 1.54) is 0 Å². The molecule has 0 saturated heterocycles. The molecule has 1 heterocycles. The summed E-state index contributed by atoms with van der Waals surface area (Å²) in [4.78, 5) is 0. The Labute approximate surface area is 153 Å². The maximum absolute atomic E-state index is 5.66. The highest BCUT2D eigenvalue weighted by molar-refractivity contribution is 5.51. The van der Waals surface area contributed by atoms with E-state index in [-0.39, 0.29) is 0 Å².